The van der Waals surface area contributed by atoms with Gasteiger partial charge >= 0.3 is 0 Å². The molecule has 20 heavy (non-hydrogen) atoms. The normalized spacial score (nSPS) is 10.4. The molecule has 0 saturated carbocycles. The van der Waals surface area contributed by atoms with Gasteiger partial charge in [-0.1, -0.05) is 36.4 Å². The molecule has 1 aromatic carbocycles. The van der Waals surface area contributed by atoms with Crippen molar-refractivity contribution < 1.29 is 4.42 Å². The van der Waals surface area contributed by atoms with Gasteiger partial charge in [-0.25, -0.2) is 0 Å². The fourth-order valence-electron chi connectivity index (χ4n) is 1.54. The van der Waals surface area contributed by atoms with Gasteiger partial charge in [0.1, 0.15) is 11.5 Å². The highest BCUT2D eigenvalue weighted by molar-refractivity contribution is 7.80. The van der Waals surface area contributed by atoms with Crippen LogP contribution in [-0.4, -0.2) is 17.9 Å². The first kappa shape index (κ1) is 14.0. The molecule has 2 N–H and O–H groups in total. The van der Waals surface area contributed by atoms with E-state index >= 15 is 0 Å². The van der Waals surface area contributed by atoms with Gasteiger partial charge in [-0.2, -0.15) is 5.10 Å². The van der Waals surface area contributed by atoms with Crippen LogP contribution in [0, 0.1) is 0 Å². The Morgan fingerprint density at radius 3 is 2.80 bits per heavy atom. The summed E-state index contributed by atoms with van der Waals surface area (Å²) in [6.07, 6.45) is 3.30. The maximum absolute atomic E-state index is 5.66. The second kappa shape index (κ2) is 7.25. The highest BCUT2D eigenvalue weighted by Gasteiger charge is 2.02. The van der Waals surface area contributed by atoms with Gasteiger partial charge in [0, 0.05) is 12.1 Å². The minimum atomic E-state index is 0.441. The second-order valence-electron chi connectivity index (χ2n) is 3.94. The zero-order valence-corrected chi connectivity index (χ0v) is 11.7. The van der Waals surface area contributed by atoms with Crippen LogP contribution in [0.1, 0.15) is 5.76 Å². The highest BCUT2D eigenvalue weighted by Crippen LogP contribution is 2.20. The molecule has 0 radical (unpaired) electrons. The van der Waals surface area contributed by atoms with Crippen molar-refractivity contribution in [2.45, 2.75) is 0 Å². The highest BCUT2D eigenvalue weighted by atomic mass is 32.1. The Bertz CT molecular complexity index is 605. The van der Waals surface area contributed by atoms with Crippen molar-refractivity contribution in [3.63, 3.8) is 0 Å². The SMILES string of the molecule is C=CCNC(=S)N/N=C/c1ccc(-c2ccccc2)o1. The van der Waals surface area contributed by atoms with Crippen LogP contribution in [0.3, 0.4) is 0 Å². The van der Waals surface area contributed by atoms with Crippen molar-refractivity contribution in [3.05, 3.63) is 60.9 Å². The Balaban J connectivity index is 1.93. The summed E-state index contributed by atoms with van der Waals surface area (Å²) in [5, 5.41) is 7.34. The van der Waals surface area contributed by atoms with Crippen molar-refractivity contribution in [2.75, 3.05) is 6.54 Å². The van der Waals surface area contributed by atoms with Gasteiger partial charge < -0.3 is 9.73 Å². The van der Waals surface area contributed by atoms with Crippen LogP contribution < -0.4 is 10.7 Å². The van der Waals surface area contributed by atoms with Gasteiger partial charge in [0.2, 0.25) is 0 Å². The molecule has 1 aromatic heterocycles. The second-order valence-corrected chi connectivity index (χ2v) is 4.34. The zero-order valence-electron chi connectivity index (χ0n) is 10.9. The van der Waals surface area contributed by atoms with Gasteiger partial charge in [0.25, 0.3) is 0 Å². The molecule has 0 aliphatic rings. The van der Waals surface area contributed by atoms with Gasteiger partial charge in [-0.15, -0.1) is 6.58 Å². The maximum Gasteiger partial charge on any atom is 0.187 e. The van der Waals surface area contributed by atoms with Gasteiger partial charge in [0.15, 0.2) is 5.11 Å². The van der Waals surface area contributed by atoms with Crippen LogP contribution >= 0.6 is 12.2 Å². The Labute approximate surface area is 123 Å². The van der Waals surface area contributed by atoms with E-state index < -0.39 is 0 Å². The lowest BCUT2D eigenvalue weighted by atomic mass is 10.2. The molecule has 0 unspecified atom stereocenters. The molecule has 1 heterocycles. The van der Waals surface area contributed by atoms with E-state index in [-0.39, 0.29) is 0 Å². The molecule has 5 heteroatoms. The summed E-state index contributed by atoms with van der Waals surface area (Å²) < 4.78 is 5.66. The fourth-order valence-corrected chi connectivity index (χ4v) is 1.67. The van der Waals surface area contributed by atoms with Crippen LogP contribution in [-0.2, 0) is 0 Å². The fraction of sp³-hybridized carbons (Fsp3) is 0.0667. The number of hydrogen-bond donors (Lipinski definition) is 2. The number of rotatable bonds is 5. The lowest BCUT2D eigenvalue weighted by Gasteiger charge is -2.02. The summed E-state index contributed by atoms with van der Waals surface area (Å²) in [6.45, 7) is 4.19. The first-order valence-electron chi connectivity index (χ1n) is 6.12. The van der Waals surface area contributed by atoms with Crippen LogP contribution in [0.25, 0.3) is 11.3 Å². The van der Waals surface area contributed by atoms with Crippen molar-refractivity contribution in [3.8, 4) is 11.3 Å². The zero-order chi connectivity index (χ0) is 14.2. The van der Waals surface area contributed by atoms with Crippen molar-refractivity contribution in [2.24, 2.45) is 5.10 Å². The van der Waals surface area contributed by atoms with E-state index in [0.717, 1.165) is 11.3 Å². The van der Waals surface area contributed by atoms with Crippen molar-refractivity contribution in [1.82, 2.24) is 10.7 Å². The molecular formula is C15H15N3OS. The van der Waals surface area contributed by atoms with Crippen LogP contribution in [0.2, 0.25) is 0 Å². The molecule has 0 aliphatic heterocycles. The summed E-state index contributed by atoms with van der Waals surface area (Å²) in [5.74, 6) is 1.46. The molecule has 0 aliphatic carbocycles. The molecule has 0 amide bonds. The lowest BCUT2D eigenvalue weighted by molar-refractivity contribution is 0.574. The number of benzene rings is 1. The third kappa shape index (κ3) is 4.07. The topological polar surface area (TPSA) is 49.6 Å². The average molecular weight is 285 g/mol. The summed E-state index contributed by atoms with van der Waals surface area (Å²) in [6, 6.07) is 13.7. The summed E-state index contributed by atoms with van der Waals surface area (Å²) in [7, 11) is 0. The number of furan rings is 1. The van der Waals surface area contributed by atoms with Gasteiger partial charge in [-0.3, -0.25) is 5.43 Å². The number of hydrazone groups is 1. The third-order valence-electron chi connectivity index (χ3n) is 2.45. The van der Waals surface area contributed by atoms with E-state index in [4.69, 9.17) is 16.6 Å². The predicted octanol–water partition coefficient (Wildman–Crippen LogP) is 2.93. The van der Waals surface area contributed by atoms with Gasteiger partial charge in [-0.05, 0) is 24.4 Å². The number of nitrogens with zero attached hydrogens (tertiary/aromatic N) is 1. The minimum Gasteiger partial charge on any atom is -0.455 e. The van der Waals surface area contributed by atoms with E-state index in [2.05, 4.69) is 22.4 Å². The van der Waals surface area contributed by atoms with E-state index in [1.165, 1.54) is 0 Å². The van der Waals surface area contributed by atoms with E-state index in [1.807, 2.05) is 42.5 Å². The molecule has 2 rings (SSSR count). The Kier molecular flexibility index (Phi) is 5.08. The Hall–Kier alpha value is -2.40. The Morgan fingerprint density at radius 1 is 1.25 bits per heavy atom. The molecule has 102 valence electrons. The standard InChI is InChI=1S/C15H15N3OS/c1-2-10-16-15(20)18-17-11-13-8-9-14(19-13)12-6-4-3-5-7-12/h2-9,11H,1,10H2,(H2,16,18,20)/b17-11+. The Morgan fingerprint density at radius 2 is 2.05 bits per heavy atom. The number of hydrogen-bond acceptors (Lipinski definition) is 3. The smallest absolute Gasteiger partial charge is 0.187 e. The largest absolute Gasteiger partial charge is 0.455 e. The average Bonchev–Trinajstić information content (AvgIpc) is 2.95. The summed E-state index contributed by atoms with van der Waals surface area (Å²) in [4.78, 5) is 0. The van der Waals surface area contributed by atoms with Crippen LogP contribution in [0.15, 0.2) is 64.6 Å². The molecular weight excluding hydrogens is 270 g/mol. The molecule has 4 nitrogen and oxygen atoms in total. The van der Waals surface area contributed by atoms with E-state index in [0.29, 0.717) is 17.4 Å². The molecule has 0 fully saturated rings. The van der Waals surface area contributed by atoms with Gasteiger partial charge in [0.05, 0.1) is 6.21 Å². The predicted molar refractivity (Wildman–Crippen MR) is 85.7 cm³/mol. The molecule has 0 saturated heterocycles. The van der Waals surface area contributed by atoms with Crippen molar-refractivity contribution in [1.29, 1.82) is 0 Å². The van der Waals surface area contributed by atoms with Crippen LogP contribution in [0.4, 0.5) is 0 Å². The third-order valence-corrected chi connectivity index (χ3v) is 2.69. The molecule has 0 atom stereocenters. The van der Waals surface area contributed by atoms with E-state index in [9.17, 15) is 0 Å². The van der Waals surface area contributed by atoms with Crippen molar-refractivity contribution >= 4 is 23.5 Å². The number of thiocarbonyl (C=S) groups is 1. The maximum atomic E-state index is 5.66. The summed E-state index contributed by atoms with van der Waals surface area (Å²) in [5.41, 5.74) is 3.73. The molecule has 2 aromatic rings. The number of nitrogens with one attached hydrogen (secondary N) is 2. The quantitative estimate of drug-likeness (QED) is 0.384. The summed E-state index contributed by atoms with van der Waals surface area (Å²) >= 11 is 5.00. The van der Waals surface area contributed by atoms with Crippen LogP contribution in [0.5, 0.6) is 0 Å². The first-order valence-corrected chi connectivity index (χ1v) is 6.53. The minimum absolute atomic E-state index is 0.441. The monoisotopic (exact) mass is 285 g/mol. The first-order chi connectivity index (χ1) is 9.79. The lowest BCUT2D eigenvalue weighted by Crippen LogP contribution is -2.31. The van der Waals surface area contributed by atoms with E-state index in [1.54, 1.807) is 12.3 Å². The molecule has 0 spiro atoms. The molecule has 0 bridgehead atoms.